The molecular formula is C7H11N5O2S. The zero-order chi connectivity index (χ0) is 11.4. The molecule has 82 valence electrons. The molecule has 1 heterocycles. The lowest BCUT2D eigenvalue weighted by molar-refractivity contribution is -0.392. The zero-order valence-corrected chi connectivity index (χ0v) is 8.95. The molecule has 1 aromatic heterocycles. The predicted octanol–water partition coefficient (Wildman–Crippen LogP) is 0.726. The summed E-state index contributed by atoms with van der Waals surface area (Å²) in [5, 5.41) is 17.6. The van der Waals surface area contributed by atoms with Gasteiger partial charge < -0.3 is 15.8 Å². The van der Waals surface area contributed by atoms with E-state index in [2.05, 4.69) is 4.98 Å². The number of thioether (sulfide) groups is 1. The van der Waals surface area contributed by atoms with Gasteiger partial charge in [-0.15, -0.1) is 0 Å². The van der Waals surface area contributed by atoms with Gasteiger partial charge in [0.1, 0.15) is 12.7 Å². The first kappa shape index (κ1) is 11.5. The minimum atomic E-state index is -0.474. The molecule has 0 unspecified atom stereocenters. The molecule has 15 heavy (non-hydrogen) atoms. The van der Waals surface area contributed by atoms with Gasteiger partial charge in [0, 0.05) is 12.7 Å². The Morgan fingerprint density at radius 1 is 1.87 bits per heavy atom. The van der Waals surface area contributed by atoms with Crippen LogP contribution in [0, 0.1) is 22.4 Å². The quantitative estimate of drug-likeness (QED) is 0.342. The maximum Gasteiger partial charge on any atom is 0.342 e. The van der Waals surface area contributed by atoms with Gasteiger partial charge in [0.05, 0.1) is 0 Å². The van der Waals surface area contributed by atoms with Crippen LogP contribution in [0.3, 0.4) is 0 Å². The van der Waals surface area contributed by atoms with E-state index in [4.69, 9.17) is 11.1 Å². The first-order chi connectivity index (χ1) is 7.02. The SMILES string of the molecule is Cc1ncc([N+](=O)[O-])n1CCSC(=N)N. The molecule has 0 aliphatic carbocycles. The maximum atomic E-state index is 10.6. The maximum absolute atomic E-state index is 10.6. The van der Waals surface area contributed by atoms with Gasteiger partial charge in [0.15, 0.2) is 11.0 Å². The van der Waals surface area contributed by atoms with E-state index in [-0.39, 0.29) is 11.0 Å². The van der Waals surface area contributed by atoms with Gasteiger partial charge in [-0.05, 0) is 4.92 Å². The molecule has 0 aliphatic rings. The summed E-state index contributed by atoms with van der Waals surface area (Å²) in [6, 6.07) is 0. The second kappa shape index (κ2) is 4.78. The third-order valence-electron chi connectivity index (χ3n) is 1.79. The Morgan fingerprint density at radius 2 is 2.53 bits per heavy atom. The number of hydrogen-bond acceptors (Lipinski definition) is 5. The molecule has 0 bridgehead atoms. The number of rotatable bonds is 4. The number of nitrogens with zero attached hydrogens (tertiary/aromatic N) is 3. The van der Waals surface area contributed by atoms with Gasteiger partial charge in [0.25, 0.3) is 0 Å². The highest BCUT2D eigenvalue weighted by Crippen LogP contribution is 2.14. The lowest BCUT2D eigenvalue weighted by atomic mass is 10.6. The van der Waals surface area contributed by atoms with Crippen LogP contribution in [0.5, 0.6) is 0 Å². The molecule has 1 aromatic rings. The van der Waals surface area contributed by atoms with Crippen molar-refractivity contribution in [3.8, 4) is 0 Å². The van der Waals surface area contributed by atoms with Crippen molar-refractivity contribution in [3.05, 3.63) is 22.1 Å². The minimum Gasteiger partial charge on any atom is -0.379 e. The topological polar surface area (TPSA) is 111 Å². The predicted molar refractivity (Wildman–Crippen MR) is 58.0 cm³/mol. The number of aryl methyl sites for hydroxylation is 1. The molecule has 0 radical (unpaired) electrons. The highest BCUT2D eigenvalue weighted by atomic mass is 32.2. The van der Waals surface area contributed by atoms with Gasteiger partial charge in [0.2, 0.25) is 0 Å². The van der Waals surface area contributed by atoms with Crippen molar-refractivity contribution in [1.29, 1.82) is 5.41 Å². The molecule has 0 fully saturated rings. The molecule has 0 saturated heterocycles. The molecule has 8 heteroatoms. The lowest BCUT2D eigenvalue weighted by Gasteiger charge is -2.01. The van der Waals surface area contributed by atoms with Crippen LogP contribution >= 0.6 is 11.8 Å². The van der Waals surface area contributed by atoms with Crippen LogP contribution in [0.25, 0.3) is 0 Å². The normalized spacial score (nSPS) is 10.2. The fourth-order valence-corrected chi connectivity index (χ4v) is 1.62. The molecule has 1 rings (SSSR count). The van der Waals surface area contributed by atoms with E-state index in [1.54, 1.807) is 6.92 Å². The third-order valence-corrected chi connectivity index (χ3v) is 2.49. The summed E-state index contributed by atoms with van der Waals surface area (Å²) in [6.07, 6.45) is 1.23. The average Bonchev–Trinajstić information content (AvgIpc) is 2.47. The van der Waals surface area contributed by atoms with E-state index in [9.17, 15) is 10.1 Å². The standard InChI is InChI=1S/C7H11N5O2S/c1-5-10-4-6(12(13)14)11(5)2-3-15-7(8)9/h4H,2-3H2,1H3,(H3,8,9). The first-order valence-electron chi connectivity index (χ1n) is 4.15. The Balaban J connectivity index is 2.70. The molecule has 0 aromatic carbocycles. The smallest absolute Gasteiger partial charge is 0.342 e. The number of nitrogens with one attached hydrogen (secondary N) is 1. The van der Waals surface area contributed by atoms with E-state index >= 15 is 0 Å². The fourth-order valence-electron chi connectivity index (χ4n) is 1.13. The Hall–Kier alpha value is -1.57. The van der Waals surface area contributed by atoms with Crippen LogP contribution in [-0.2, 0) is 6.54 Å². The zero-order valence-electron chi connectivity index (χ0n) is 8.14. The van der Waals surface area contributed by atoms with E-state index < -0.39 is 4.92 Å². The number of nitro groups is 1. The third kappa shape index (κ3) is 2.94. The number of amidine groups is 1. The summed E-state index contributed by atoms with van der Waals surface area (Å²) in [5.74, 6) is 1.08. The number of aromatic nitrogens is 2. The van der Waals surface area contributed by atoms with Crippen molar-refractivity contribution >= 4 is 22.7 Å². The molecule has 0 aliphatic heterocycles. The summed E-state index contributed by atoms with van der Waals surface area (Å²) >= 11 is 1.15. The van der Waals surface area contributed by atoms with Gasteiger partial charge >= 0.3 is 5.82 Å². The summed E-state index contributed by atoms with van der Waals surface area (Å²) in [5.41, 5.74) is 5.16. The van der Waals surface area contributed by atoms with Crippen molar-refractivity contribution in [1.82, 2.24) is 9.55 Å². The van der Waals surface area contributed by atoms with Crippen LogP contribution in [-0.4, -0.2) is 25.4 Å². The van der Waals surface area contributed by atoms with E-state index in [1.165, 1.54) is 10.8 Å². The summed E-state index contributed by atoms with van der Waals surface area (Å²) in [4.78, 5) is 14.0. The summed E-state index contributed by atoms with van der Waals surface area (Å²) < 4.78 is 1.50. The number of imidazole rings is 1. The highest BCUT2D eigenvalue weighted by molar-refractivity contribution is 8.13. The number of nitrogens with two attached hydrogens (primary N) is 1. The van der Waals surface area contributed by atoms with Crippen molar-refractivity contribution in [2.45, 2.75) is 13.5 Å². The van der Waals surface area contributed by atoms with Crippen molar-refractivity contribution in [3.63, 3.8) is 0 Å². The monoisotopic (exact) mass is 229 g/mol. The lowest BCUT2D eigenvalue weighted by Crippen LogP contribution is -2.10. The van der Waals surface area contributed by atoms with Crippen molar-refractivity contribution in [2.75, 3.05) is 5.75 Å². The second-order valence-corrected chi connectivity index (χ2v) is 3.92. The van der Waals surface area contributed by atoms with Gasteiger partial charge in [-0.1, -0.05) is 11.8 Å². The fraction of sp³-hybridized carbons (Fsp3) is 0.429. The van der Waals surface area contributed by atoms with Crippen LogP contribution < -0.4 is 5.73 Å². The van der Waals surface area contributed by atoms with Crippen LogP contribution in [0.2, 0.25) is 0 Å². The molecule has 7 nitrogen and oxygen atoms in total. The van der Waals surface area contributed by atoms with Crippen molar-refractivity contribution in [2.24, 2.45) is 5.73 Å². The Kier molecular flexibility index (Phi) is 3.67. The molecule has 0 atom stereocenters. The van der Waals surface area contributed by atoms with E-state index in [0.717, 1.165) is 11.8 Å². The van der Waals surface area contributed by atoms with Crippen molar-refractivity contribution < 1.29 is 4.92 Å². The van der Waals surface area contributed by atoms with Gasteiger partial charge in [-0.25, -0.2) is 9.55 Å². The largest absolute Gasteiger partial charge is 0.379 e. The van der Waals surface area contributed by atoms with E-state index in [1.807, 2.05) is 0 Å². The van der Waals surface area contributed by atoms with Crippen LogP contribution in [0.1, 0.15) is 5.82 Å². The Labute approximate surface area is 90.3 Å². The van der Waals surface area contributed by atoms with Gasteiger partial charge in [-0.3, -0.25) is 5.41 Å². The highest BCUT2D eigenvalue weighted by Gasteiger charge is 2.16. The molecular weight excluding hydrogens is 218 g/mol. The van der Waals surface area contributed by atoms with Crippen LogP contribution in [0.15, 0.2) is 6.20 Å². The molecule has 0 amide bonds. The second-order valence-electron chi connectivity index (χ2n) is 2.79. The first-order valence-corrected chi connectivity index (χ1v) is 5.14. The minimum absolute atomic E-state index is 0.00965. The summed E-state index contributed by atoms with van der Waals surface area (Å²) in [7, 11) is 0. The Bertz CT molecular complexity index is 389. The van der Waals surface area contributed by atoms with E-state index in [0.29, 0.717) is 18.1 Å². The average molecular weight is 229 g/mol. The molecule has 0 spiro atoms. The Morgan fingerprint density at radius 3 is 3.07 bits per heavy atom. The van der Waals surface area contributed by atoms with Crippen LogP contribution in [0.4, 0.5) is 5.82 Å². The molecule has 0 saturated carbocycles. The van der Waals surface area contributed by atoms with Gasteiger partial charge in [-0.2, -0.15) is 0 Å². The summed E-state index contributed by atoms with van der Waals surface area (Å²) in [6.45, 7) is 2.12. The number of hydrogen-bond donors (Lipinski definition) is 2. The molecule has 3 N–H and O–H groups in total.